The monoisotopic (exact) mass is 1220 g/mol. The van der Waals surface area contributed by atoms with Gasteiger partial charge in [0, 0.05) is 64.0 Å². The third-order valence-corrected chi connectivity index (χ3v) is 19.8. The van der Waals surface area contributed by atoms with Crippen molar-refractivity contribution in [3.63, 3.8) is 0 Å². The normalized spacial score (nSPS) is 12.8. The molecule has 0 heterocycles. The second-order valence-electron chi connectivity index (χ2n) is 14.3. The molecule has 0 bridgehead atoms. The number of thiol groups is 1. The second kappa shape index (κ2) is 37.9. The van der Waals surface area contributed by atoms with Gasteiger partial charge in [-0.1, -0.05) is 46.3 Å². The molecule has 0 spiro atoms. The molecule has 4 aromatic carbocycles. The Labute approximate surface area is 458 Å². The van der Waals surface area contributed by atoms with E-state index >= 15 is 0 Å². The average molecular weight is 1220 g/mol. The SMILES string of the molecule is COc1ccc(C(C)CSC(=O)PP)c(OC)c1.COc1ccc(C(CS)NC(=O)PP)c(OC)c1.COc1ccc(C(CSSCC(NC(=O)PP)c2ccc(OC)cc2OC)NC(=O)PP)c(OC)c1. The van der Waals surface area contributed by atoms with E-state index in [1.807, 2.05) is 54.6 Å². The van der Waals surface area contributed by atoms with Gasteiger partial charge in [-0.25, -0.2) is 0 Å². The van der Waals surface area contributed by atoms with Crippen LogP contribution < -0.4 is 53.8 Å². The Morgan fingerprint density at radius 2 is 0.778 bits per heavy atom. The van der Waals surface area contributed by atoms with E-state index in [0.717, 1.165) is 39.5 Å². The van der Waals surface area contributed by atoms with Gasteiger partial charge in [0.2, 0.25) is 21.8 Å². The Morgan fingerprint density at radius 3 is 1.07 bits per heavy atom. The van der Waals surface area contributed by atoms with Crippen LogP contribution in [0.1, 0.15) is 53.2 Å². The van der Waals surface area contributed by atoms with Crippen LogP contribution in [-0.4, -0.2) is 102 Å². The first-order valence-corrected chi connectivity index (χ1v) is 36.7. The van der Waals surface area contributed by atoms with E-state index in [2.05, 4.69) is 71.2 Å². The number of thioether (sulfide) groups is 1. The molecule has 27 heteroatoms. The molecule has 0 fully saturated rings. The molecule has 0 radical (unpaired) electrons. The van der Waals surface area contributed by atoms with Crippen LogP contribution in [-0.2, 0) is 0 Å². The Bertz CT molecular complexity index is 2240. The summed E-state index contributed by atoms with van der Waals surface area (Å²) in [5.41, 5.74) is 3.61. The fourth-order valence-corrected chi connectivity index (χ4v) is 12.5. The van der Waals surface area contributed by atoms with Gasteiger partial charge in [0.15, 0.2) is 0 Å². The molecule has 0 aliphatic heterocycles. The quantitative estimate of drug-likeness (QED) is 0.0192. The average Bonchev–Trinajstić information content (AvgIpc) is 3.43. The second-order valence-corrected chi connectivity index (χ2v) is 25.0. The van der Waals surface area contributed by atoms with E-state index in [4.69, 9.17) is 37.9 Å². The van der Waals surface area contributed by atoms with Crippen molar-refractivity contribution in [2.24, 2.45) is 0 Å². The molecule has 0 aliphatic rings. The molecular formula is C45H67N3O12P8S4. The molecule has 15 nitrogen and oxygen atoms in total. The van der Waals surface area contributed by atoms with Crippen LogP contribution in [0.4, 0.5) is 19.2 Å². The summed E-state index contributed by atoms with van der Waals surface area (Å²) < 4.78 is 42.7. The van der Waals surface area contributed by atoms with Crippen LogP contribution in [0.2, 0.25) is 0 Å². The highest BCUT2D eigenvalue weighted by Gasteiger charge is 2.23. The zero-order chi connectivity index (χ0) is 53.6. The van der Waals surface area contributed by atoms with Crippen LogP contribution in [0.3, 0.4) is 0 Å². The van der Waals surface area contributed by atoms with E-state index in [1.54, 1.807) is 96.7 Å². The van der Waals surface area contributed by atoms with Gasteiger partial charge in [-0.3, -0.25) is 19.2 Å². The van der Waals surface area contributed by atoms with Crippen molar-refractivity contribution in [3.8, 4) is 46.0 Å². The lowest BCUT2D eigenvalue weighted by molar-refractivity contribution is 0.257. The summed E-state index contributed by atoms with van der Waals surface area (Å²) in [4.78, 5) is 47.5. The van der Waals surface area contributed by atoms with E-state index in [9.17, 15) is 19.2 Å². The maximum absolute atomic E-state index is 12.2. The number of amides is 3. The minimum absolute atomic E-state index is 0.0167. The first-order valence-electron chi connectivity index (χ1n) is 21.4. The predicted molar refractivity (Wildman–Crippen MR) is 329 cm³/mol. The van der Waals surface area contributed by atoms with Gasteiger partial charge in [0.1, 0.15) is 46.0 Å². The van der Waals surface area contributed by atoms with E-state index in [0.29, 0.717) is 51.8 Å². The molecule has 12 atom stereocenters. The number of rotatable bonds is 27. The van der Waals surface area contributed by atoms with Crippen LogP contribution in [0, 0.1) is 0 Å². The maximum atomic E-state index is 12.2. The lowest BCUT2D eigenvalue weighted by Crippen LogP contribution is -2.27. The number of ether oxygens (including phenoxy) is 8. The fourth-order valence-electron chi connectivity index (χ4n) is 6.35. The number of carbonyl (C=O) groups is 4. The topological polar surface area (TPSA) is 178 Å². The standard InChI is InChI=1S/C22H32N2O6P4S2.C12H18O3P2S.C11H17NO3P2S/c1-27-13-5-7-15(19(9-13)29-3)17(23-21(25)33-31)11-35-36-12-18(24-22(26)34-32)16-8-6-14(28-2)10-20(16)30-4;1-8(7-18-12(13)17-16)10-5-4-9(14-2)6-11(10)15-3;1-14-7-3-4-8(10(5-7)15-2)9(6-18)12-11(13)17-16/h5-10,17-18,33-34H,11-12,31-32H2,1-4H3,(H,23,25)(H,24,26);4-6,8,17H,7,16H2,1-3H3;3-5,9,17-18H,6,16H2,1-2H3,(H,12,13). The molecule has 72 heavy (non-hydrogen) atoms. The molecule has 4 aromatic rings. The minimum atomic E-state index is -0.263. The van der Waals surface area contributed by atoms with Crippen molar-refractivity contribution >= 4 is 137 Å². The van der Waals surface area contributed by atoms with Gasteiger partial charge in [0.05, 0.1) is 75.0 Å². The van der Waals surface area contributed by atoms with Crippen molar-refractivity contribution in [3.05, 3.63) is 95.1 Å². The van der Waals surface area contributed by atoms with Gasteiger partial charge < -0.3 is 53.8 Å². The highest BCUT2D eigenvalue weighted by Crippen LogP contribution is 2.40. The number of benzene rings is 4. The molecule has 12 unspecified atom stereocenters. The van der Waals surface area contributed by atoms with Crippen molar-refractivity contribution in [2.75, 3.05) is 79.9 Å². The molecule has 0 saturated carbocycles. The number of hydrogen-bond acceptors (Lipinski definition) is 16. The molecule has 398 valence electrons. The molecular weight excluding hydrogens is 1150 g/mol. The lowest BCUT2D eigenvalue weighted by Gasteiger charge is -2.23. The van der Waals surface area contributed by atoms with Crippen molar-refractivity contribution in [1.82, 2.24) is 16.0 Å². The first kappa shape index (κ1) is 66.3. The Hall–Kier alpha value is -1.80. The maximum Gasteiger partial charge on any atom is 0.242 e. The minimum Gasteiger partial charge on any atom is -0.497 e. The Balaban J connectivity index is 0.000000412. The fraction of sp³-hybridized carbons (Fsp3) is 0.378. The zero-order valence-corrected chi connectivity index (χ0v) is 53.4. The molecule has 3 N–H and O–H groups in total. The number of hydrogen-bond donors (Lipinski definition) is 4. The summed E-state index contributed by atoms with van der Waals surface area (Å²) in [5.74, 6) is 8.36. The number of carbonyl (C=O) groups excluding carboxylic acids is 4. The van der Waals surface area contributed by atoms with E-state index < -0.39 is 0 Å². The Kier molecular flexibility index (Phi) is 34.9. The first-order chi connectivity index (χ1) is 34.7. The summed E-state index contributed by atoms with van der Waals surface area (Å²) in [5, 5.41) is 9.06. The molecule has 0 aromatic heterocycles. The van der Waals surface area contributed by atoms with Gasteiger partial charge in [0.25, 0.3) is 0 Å². The highest BCUT2D eigenvalue weighted by molar-refractivity contribution is 8.76. The summed E-state index contributed by atoms with van der Waals surface area (Å²) in [7, 11) is 26.4. The lowest BCUT2D eigenvalue weighted by atomic mass is 10.0. The van der Waals surface area contributed by atoms with Gasteiger partial charge in [-0.2, -0.15) is 12.6 Å². The molecule has 4 rings (SSSR count). The summed E-state index contributed by atoms with van der Waals surface area (Å²) in [6, 6.07) is 21.7. The predicted octanol–water partition coefficient (Wildman–Crippen LogP) is 13.2. The van der Waals surface area contributed by atoms with Crippen molar-refractivity contribution < 1.29 is 57.1 Å². The van der Waals surface area contributed by atoms with Crippen LogP contribution >= 0.6 is 115 Å². The zero-order valence-electron chi connectivity index (χ0n) is 41.4. The van der Waals surface area contributed by atoms with E-state index in [-0.39, 0.29) is 78.9 Å². The molecule has 0 aliphatic carbocycles. The summed E-state index contributed by atoms with van der Waals surface area (Å²) in [6.07, 6.45) is 0. The summed E-state index contributed by atoms with van der Waals surface area (Å²) in [6.45, 7) is 2.09. The number of nitrogens with one attached hydrogen (secondary N) is 3. The van der Waals surface area contributed by atoms with Crippen LogP contribution in [0.25, 0.3) is 0 Å². The molecule has 0 saturated heterocycles. The largest absolute Gasteiger partial charge is 0.497 e. The van der Waals surface area contributed by atoms with Crippen molar-refractivity contribution in [1.29, 1.82) is 0 Å². The summed E-state index contributed by atoms with van der Waals surface area (Å²) >= 11 is 5.64. The van der Waals surface area contributed by atoms with Crippen LogP contribution in [0.15, 0.2) is 72.8 Å². The van der Waals surface area contributed by atoms with Crippen molar-refractivity contribution in [2.45, 2.75) is 31.0 Å². The third kappa shape index (κ3) is 22.8. The number of methoxy groups -OCH3 is 8. The highest BCUT2D eigenvalue weighted by atomic mass is 33.1. The van der Waals surface area contributed by atoms with E-state index in [1.165, 1.54) is 11.8 Å². The van der Waals surface area contributed by atoms with Gasteiger partial charge in [-0.05, 0) is 87.0 Å². The van der Waals surface area contributed by atoms with Gasteiger partial charge in [-0.15, -0.1) is 35.7 Å². The third-order valence-electron chi connectivity index (χ3n) is 10.0. The van der Waals surface area contributed by atoms with Crippen LogP contribution in [0.5, 0.6) is 46.0 Å². The van der Waals surface area contributed by atoms with Gasteiger partial charge >= 0.3 is 0 Å². The molecule has 3 amide bonds. The smallest absolute Gasteiger partial charge is 0.242 e. The Morgan fingerprint density at radius 1 is 0.472 bits per heavy atom.